The van der Waals surface area contributed by atoms with Crippen LogP contribution in [0, 0.1) is 0 Å². The standard InChI is InChI=1S/C16H15ClN2S/c1-2-3-4-12-5-7-13(8-6-12)16-15(17)9-14(10-18-16)19-11-20/h5-10H,2-4H2,1H3. The van der Waals surface area contributed by atoms with Gasteiger partial charge in [0.15, 0.2) is 0 Å². The van der Waals surface area contributed by atoms with Crippen LogP contribution in [0.1, 0.15) is 25.3 Å². The highest BCUT2D eigenvalue weighted by Gasteiger charge is 2.06. The van der Waals surface area contributed by atoms with E-state index in [1.807, 2.05) is 0 Å². The van der Waals surface area contributed by atoms with Gasteiger partial charge in [-0.3, -0.25) is 4.98 Å². The largest absolute Gasteiger partial charge is 0.252 e. The first-order chi connectivity index (χ1) is 9.74. The van der Waals surface area contributed by atoms with Crippen molar-refractivity contribution >= 4 is 34.7 Å². The molecule has 0 spiro atoms. The number of aliphatic imine (C=N–C) groups is 1. The summed E-state index contributed by atoms with van der Waals surface area (Å²) in [6.07, 6.45) is 5.17. The number of unbranched alkanes of at least 4 members (excludes halogenated alkanes) is 1. The summed E-state index contributed by atoms with van der Waals surface area (Å²) in [6.45, 7) is 2.20. The van der Waals surface area contributed by atoms with E-state index in [-0.39, 0.29) is 0 Å². The molecule has 0 aliphatic rings. The summed E-state index contributed by atoms with van der Waals surface area (Å²) in [4.78, 5) is 8.21. The van der Waals surface area contributed by atoms with Crippen LogP contribution in [0.15, 0.2) is 41.5 Å². The fraction of sp³-hybridized carbons (Fsp3) is 0.250. The smallest absolute Gasteiger partial charge is 0.0937 e. The van der Waals surface area contributed by atoms with E-state index in [4.69, 9.17) is 11.6 Å². The highest BCUT2D eigenvalue weighted by Crippen LogP contribution is 2.29. The van der Waals surface area contributed by atoms with Gasteiger partial charge in [0.2, 0.25) is 0 Å². The number of rotatable bonds is 5. The van der Waals surface area contributed by atoms with Crippen molar-refractivity contribution in [1.29, 1.82) is 0 Å². The molecule has 1 heterocycles. The summed E-state index contributed by atoms with van der Waals surface area (Å²) in [5.74, 6) is 0. The second-order valence-corrected chi connectivity index (χ2v) is 5.12. The molecule has 0 bridgehead atoms. The Morgan fingerprint density at radius 2 is 2.05 bits per heavy atom. The van der Waals surface area contributed by atoms with Gasteiger partial charge in [-0.15, -0.1) is 0 Å². The number of aromatic nitrogens is 1. The molecule has 0 unspecified atom stereocenters. The van der Waals surface area contributed by atoms with Crippen LogP contribution in [0.25, 0.3) is 11.3 Å². The van der Waals surface area contributed by atoms with Crippen molar-refractivity contribution in [3.63, 3.8) is 0 Å². The first kappa shape index (κ1) is 14.9. The molecule has 20 heavy (non-hydrogen) atoms. The quantitative estimate of drug-likeness (QED) is 0.540. The fourth-order valence-electron chi connectivity index (χ4n) is 1.96. The van der Waals surface area contributed by atoms with E-state index in [9.17, 15) is 0 Å². The lowest BCUT2D eigenvalue weighted by molar-refractivity contribution is 0.795. The first-order valence-corrected chi connectivity index (χ1v) is 7.36. The minimum absolute atomic E-state index is 0.567. The summed E-state index contributed by atoms with van der Waals surface area (Å²) in [6, 6.07) is 10.1. The molecule has 0 aliphatic carbocycles. The molecule has 2 aromatic rings. The Bertz CT molecular complexity index is 631. The van der Waals surface area contributed by atoms with Gasteiger partial charge in [-0.2, -0.15) is 4.99 Å². The predicted molar refractivity (Wildman–Crippen MR) is 88.0 cm³/mol. The molecule has 0 saturated carbocycles. The zero-order chi connectivity index (χ0) is 14.4. The van der Waals surface area contributed by atoms with Crippen molar-refractivity contribution in [3.05, 3.63) is 47.1 Å². The lowest BCUT2D eigenvalue weighted by Crippen LogP contribution is -1.87. The van der Waals surface area contributed by atoms with E-state index in [1.54, 1.807) is 12.3 Å². The maximum atomic E-state index is 6.24. The molecule has 102 valence electrons. The van der Waals surface area contributed by atoms with E-state index in [0.29, 0.717) is 10.7 Å². The van der Waals surface area contributed by atoms with Crippen LogP contribution in [0.3, 0.4) is 0 Å². The maximum absolute atomic E-state index is 6.24. The Balaban J connectivity index is 2.25. The highest BCUT2D eigenvalue weighted by molar-refractivity contribution is 7.78. The molecule has 0 aliphatic heterocycles. The number of hydrogen-bond donors (Lipinski definition) is 0. The van der Waals surface area contributed by atoms with Gasteiger partial charge in [0.1, 0.15) is 0 Å². The van der Waals surface area contributed by atoms with Crippen molar-refractivity contribution in [2.45, 2.75) is 26.2 Å². The fourth-order valence-corrected chi connectivity index (χ4v) is 2.34. The zero-order valence-electron chi connectivity index (χ0n) is 11.3. The number of nitrogens with zero attached hydrogens (tertiary/aromatic N) is 2. The molecule has 0 fully saturated rings. The van der Waals surface area contributed by atoms with E-state index in [1.165, 1.54) is 18.4 Å². The monoisotopic (exact) mass is 302 g/mol. The lowest BCUT2D eigenvalue weighted by Gasteiger charge is -2.06. The number of halogens is 1. The summed E-state index contributed by atoms with van der Waals surface area (Å²) < 4.78 is 0. The van der Waals surface area contributed by atoms with Gasteiger partial charge < -0.3 is 0 Å². The predicted octanol–water partition coefficient (Wildman–Crippen LogP) is 5.48. The first-order valence-electron chi connectivity index (χ1n) is 6.57. The molecule has 0 amide bonds. The third-order valence-electron chi connectivity index (χ3n) is 3.05. The number of hydrogen-bond acceptors (Lipinski definition) is 3. The van der Waals surface area contributed by atoms with Crippen molar-refractivity contribution in [3.8, 4) is 11.3 Å². The maximum Gasteiger partial charge on any atom is 0.0937 e. The molecular weight excluding hydrogens is 288 g/mol. The normalized spacial score (nSPS) is 10.1. The van der Waals surface area contributed by atoms with E-state index >= 15 is 0 Å². The Morgan fingerprint density at radius 3 is 2.65 bits per heavy atom. The SMILES string of the molecule is CCCCc1ccc(-c2ncc(N=C=S)cc2Cl)cc1. The van der Waals surface area contributed by atoms with Gasteiger partial charge in [-0.25, -0.2) is 0 Å². The van der Waals surface area contributed by atoms with Crippen LogP contribution in [0.2, 0.25) is 5.02 Å². The topological polar surface area (TPSA) is 25.2 Å². The summed E-state index contributed by atoms with van der Waals surface area (Å²) in [7, 11) is 0. The molecule has 4 heteroatoms. The molecule has 0 atom stereocenters. The van der Waals surface area contributed by atoms with Crippen LogP contribution in [0.5, 0.6) is 0 Å². The average molecular weight is 303 g/mol. The second kappa shape index (κ2) is 7.30. The van der Waals surface area contributed by atoms with Gasteiger partial charge in [0.25, 0.3) is 0 Å². The Morgan fingerprint density at radius 1 is 1.30 bits per heavy atom. The summed E-state index contributed by atoms with van der Waals surface area (Å²) in [5, 5.41) is 2.87. The highest BCUT2D eigenvalue weighted by atomic mass is 35.5. The molecule has 0 radical (unpaired) electrons. The minimum atomic E-state index is 0.567. The third-order valence-corrected chi connectivity index (χ3v) is 3.43. The summed E-state index contributed by atoms with van der Waals surface area (Å²) in [5.41, 5.74) is 3.73. The van der Waals surface area contributed by atoms with Crippen LogP contribution in [-0.2, 0) is 6.42 Å². The zero-order valence-corrected chi connectivity index (χ0v) is 12.8. The van der Waals surface area contributed by atoms with Gasteiger partial charge in [0, 0.05) is 5.56 Å². The van der Waals surface area contributed by atoms with Crippen molar-refractivity contribution in [2.75, 3.05) is 0 Å². The summed E-state index contributed by atoms with van der Waals surface area (Å²) >= 11 is 10.8. The lowest BCUT2D eigenvalue weighted by atomic mass is 10.0. The van der Waals surface area contributed by atoms with E-state index in [2.05, 4.69) is 58.5 Å². The number of aryl methyl sites for hydroxylation is 1. The number of pyridine rings is 1. The Kier molecular flexibility index (Phi) is 5.42. The van der Waals surface area contributed by atoms with Gasteiger partial charge in [0.05, 0.1) is 27.8 Å². The van der Waals surface area contributed by atoms with Crippen LogP contribution >= 0.6 is 23.8 Å². The molecule has 0 N–H and O–H groups in total. The van der Waals surface area contributed by atoms with Crippen molar-refractivity contribution in [2.24, 2.45) is 4.99 Å². The number of thiocarbonyl (C=S) groups is 1. The van der Waals surface area contributed by atoms with E-state index < -0.39 is 0 Å². The van der Waals surface area contributed by atoms with Crippen molar-refractivity contribution < 1.29 is 0 Å². The second-order valence-electron chi connectivity index (χ2n) is 4.53. The molecule has 2 nitrogen and oxygen atoms in total. The molecular formula is C16H15ClN2S. The molecule has 2 rings (SSSR count). The molecule has 1 aromatic heterocycles. The molecule has 1 aromatic carbocycles. The van der Waals surface area contributed by atoms with Gasteiger partial charge in [-0.1, -0.05) is 49.2 Å². The van der Waals surface area contributed by atoms with Crippen molar-refractivity contribution in [1.82, 2.24) is 4.98 Å². The van der Waals surface area contributed by atoms with Gasteiger partial charge >= 0.3 is 0 Å². The molecule has 0 saturated heterocycles. The Hall–Kier alpha value is -1.54. The van der Waals surface area contributed by atoms with Crippen LogP contribution < -0.4 is 0 Å². The van der Waals surface area contributed by atoms with Gasteiger partial charge in [-0.05, 0) is 36.7 Å². The third kappa shape index (κ3) is 3.73. The number of benzene rings is 1. The Labute approximate surface area is 129 Å². The van der Waals surface area contributed by atoms with Crippen LogP contribution in [-0.4, -0.2) is 10.1 Å². The van der Waals surface area contributed by atoms with Crippen LogP contribution in [0.4, 0.5) is 5.69 Å². The van der Waals surface area contributed by atoms with E-state index in [0.717, 1.165) is 17.7 Å². The number of isothiocyanates is 1. The minimum Gasteiger partial charge on any atom is -0.252 e. The average Bonchev–Trinajstić information content (AvgIpc) is 2.46.